The van der Waals surface area contributed by atoms with Crippen LogP contribution in [0.15, 0.2) is 53.2 Å². The van der Waals surface area contributed by atoms with Crippen molar-refractivity contribution in [3.63, 3.8) is 0 Å². The van der Waals surface area contributed by atoms with Gasteiger partial charge in [0.1, 0.15) is 0 Å². The van der Waals surface area contributed by atoms with E-state index < -0.39 is 0 Å². The smallest absolute Gasteiger partial charge is 0.0824 e. The van der Waals surface area contributed by atoms with Crippen LogP contribution in [0.25, 0.3) is 31.6 Å². The van der Waals surface area contributed by atoms with Crippen LogP contribution in [0.1, 0.15) is 0 Å². The summed E-state index contributed by atoms with van der Waals surface area (Å²) in [6, 6.07) is 14.8. The fourth-order valence-corrected chi connectivity index (χ4v) is 4.13. The van der Waals surface area contributed by atoms with Crippen molar-refractivity contribution in [2.24, 2.45) is 0 Å². The second-order valence-electron chi connectivity index (χ2n) is 4.12. The van der Waals surface area contributed by atoms with E-state index in [-0.39, 0.29) is 0 Å². The van der Waals surface area contributed by atoms with Crippen LogP contribution in [0.5, 0.6) is 0 Å². The average molecular weight is 267 g/mol. The minimum absolute atomic E-state index is 1.10. The van der Waals surface area contributed by atoms with Gasteiger partial charge in [-0.25, -0.2) is 4.98 Å². The number of hydrogen-bond acceptors (Lipinski definition) is 3. The van der Waals surface area contributed by atoms with E-state index in [4.69, 9.17) is 4.98 Å². The first kappa shape index (κ1) is 10.2. The number of hydrogen-bond donors (Lipinski definition) is 0. The highest BCUT2D eigenvalue weighted by Crippen LogP contribution is 2.39. The molecule has 1 aromatic carbocycles. The van der Waals surface area contributed by atoms with Crippen molar-refractivity contribution >= 4 is 43.1 Å². The van der Waals surface area contributed by atoms with Crippen molar-refractivity contribution in [3.05, 3.63) is 53.2 Å². The maximum atomic E-state index is 4.70. The van der Waals surface area contributed by atoms with E-state index in [1.165, 1.54) is 20.5 Å². The second kappa shape index (κ2) is 3.90. The standard InChI is InChI=1S/C15H9NS2/c1-2-4-10(5-3-1)13-14-11(6-8-17-14)16-12-7-9-18-15(12)13/h1-9H. The molecule has 0 amide bonds. The normalized spacial score (nSPS) is 11.3. The Hall–Kier alpha value is -1.71. The SMILES string of the molecule is c1ccc(-c2c3sccc3nc3ccsc23)cc1. The van der Waals surface area contributed by atoms with Crippen LogP contribution in [0, 0.1) is 0 Å². The number of benzene rings is 1. The Labute approximate surface area is 112 Å². The lowest BCUT2D eigenvalue weighted by Crippen LogP contribution is -1.81. The van der Waals surface area contributed by atoms with Gasteiger partial charge in [0.05, 0.1) is 20.4 Å². The van der Waals surface area contributed by atoms with Crippen LogP contribution in [-0.2, 0) is 0 Å². The van der Waals surface area contributed by atoms with E-state index >= 15 is 0 Å². The van der Waals surface area contributed by atoms with Gasteiger partial charge in [0.15, 0.2) is 0 Å². The number of thiophene rings is 2. The van der Waals surface area contributed by atoms with Gasteiger partial charge in [-0.3, -0.25) is 0 Å². The van der Waals surface area contributed by atoms with Crippen molar-refractivity contribution < 1.29 is 0 Å². The van der Waals surface area contributed by atoms with E-state index in [2.05, 4.69) is 53.2 Å². The van der Waals surface area contributed by atoms with Crippen molar-refractivity contribution in [2.75, 3.05) is 0 Å². The molecule has 1 nitrogen and oxygen atoms in total. The van der Waals surface area contributed by atoms with E-state index in [0.29, 0.717) is 0 Å². The number of rotatable bonds is 1. The molecule has 0 aliphatic rings. The third-order valence-corrected chi connectivity index (χ3v) is 4.89. The maximum Gasteiger partial charge on any atom is 0.0824 e. The molecular weight excluding hydrogens is 258 g/mol. The molecule has 0 spiro atoms. The fourth-order valence-electron chi connectivity index (χ4n) is 2.26. The first-order valence-corrected chi connectivity index (χ1v) is 7.49. The molecule has 0 saturated carbocycles. The Kier molecular flexibility index (Phi) is 2.22. The molecule has 0 fully saturated rings. The molecule has 4 rings (SSSR count). The lowest BCUT2D eigenvalue weighted by molar-refractivity contribution is 1.54. The molecule has 0 bridgehead atoms. The number of fused-ring (bicyclic) bond motifs is 2. The summed E-state index contributed by atoms with van der Waals surface area (Å²) in [5, 5.41) is 4.24. The first-order valence-electron chi connectivity index (χ1n) is 5.73. The lowest BCUT2D eigenvalue weighted by atomic mass is 10.1. The third kappa shape index (κ3) is 1.41. The predicted molar refractivity (Wildman–Crippen MR) is 80.4 cm³/mol. The van der Waals surface area contributed by atoms with E-state index in [1.54, 1.807) is 22.7 Å². The van der Waals surface area contributed by atoms with Gasteiger partial charge in [0.25, 0.3) is 0 Å². The Morgan fingerprint density at radius 3 is 1.94 bits per heavy atom. The summed E-state index contributed by atoms with van der Waals surface area (Å²) in [7, 11) is 0. The van der Waals surface area contributed by atoms with Crippen LogP contribution in [-0.4, -0.2) is 4.98 Å². The van der Waals surface area contributed by atoms with Crippen molar-refractivity contribution in [3.8, 4) is 11.1 Å². The number of pyridine rings is 1. The van der Waals surface area contributed by atoms with Gasteiger partial charge in [-0.15, -0.1) is 22.7 Å². The molecule has 0 N–H and O–H groups in total. The summed E-state index contributed by atoms with van der Waals surface area (Å²) >= 11 is 3.54. The number of aromatic nitrogens is 1. The molecule has 0 aliphatic heterocycles. The molecular formula is C15H9NS2. The molecule has 0 atom stereocenters. The molecule has 0 radical (unpaired) electrons. The Balaban J connectivity index is 2.22. The zero-order valence-corrected chi connectivity index (χ0v) is 11.1. The number of nitrogens with zero attached hydrogens (tertiary/aromatic N) is 1. The van der Waals surface area contributed by atoms with Gasteiger partial charge in [-0.05, 0) is 28.5 Å². The lowest BCUT2D eigenvalue weighted by Gasteiger charge is -2.05. The van der Waals surface area contributed by atoms with Gasteiger partial charge in [-0.2, -0.15) is 0 Å². The van der Waals surface area contributed by atoms with Gasteiger partial charge >= 0.3 is 0 Å². The van der Waals surface area contributed by atoms with Gasteiger partial charge in [-0.1, -0.05) is 30.3 Å². The Morgan fingerprint density at radius 1 is 0.722 bits per heavy atom. The summed E-state index contributed by atoms with van der Waals surface area (Å²) in [5.74, 6) is 0. The van der Waals surface area contributed by atoms with Gasteiger partial charge < -0.3 is 0 Å². The van der Waals surface area contributed by atoms with Crippen molar-refractivity contribution in [2.45, 2.75) is 0 Å². The molecule has 3 heterocycles. The highest BCUT2D eigenvalue weighted by molar-refractivity contribution is 7.20. The Bertz CT molecular complexity index is 779. The van der Waals surface area contributed by atoms with Crippen molar-refractivity contribution in [1.29, 1.82) is 0 Å². The quantitative estimate of drug-likeness (QED) is 0.463. The first-order chi connectivity index (χ1) is 8.93. The molecule has 86 valence electrons. The largest absolute Gasteiger partial charge is 0.246 e. The topological polar surface area (TPSA) is 12.9 Å². The minimum atomic E-state index is 1.10. The summed E-state index contributed by atoms with van der Waals surface area (Å²) in [6.45, 7) is 0. The van der Waals surface area contributed by atoms with E-state index in [9.17, 15) is 0 Å². The Morgan fingerprint density at radius 2 is 1.33 bits per heavy atom. The monoisotopic (exact) mass is 267 g/mol. The zero-order valence-electron chi connectivity index (χ0n) is 9.46. The highest BCUT2D eigenvalue weighted by Gasteiger charge is 2.12. The summed E-state index contributed by atoms with van der Waals surface area (Å²) in [4.78, 5) is 4.70. The minimum Gasteiger partial charge on any atom is -0.246 e. The highest BCUT2D eigenvalue weighted by atomic mass is 32.1. The average Bonchev–Trinajstić information content (AvgIpc) is 3.04. The summed E-state index contributed by atoms with van der Waals surface area (Å²) in [5.41, 5.74) is 4.81. The van der Waals surface area contributed by atoms with Crippen molar-refractivity contribution in [1.82, 2.24) is 4.98 Å². The van der Waals surface area contributed by atoms with Crippen LogP contribution in [0.4, 0.5) is 0 Å². The second-order valence-corrected chi connectivity index (χ2v) is 5.95. The van der Waals surface area contributed by atoms with Crippen LogP contribution in [0.2, 0.25) is 0 Å². The van der Waals surface area contributed by atoms with E-state index in [0.717, 1.165) is 11.0 Å². The molecule has 0 saturated heterocycles. The molecule has 4 aromatic rings. The van der Waals surface area contributed by atoms with Crippen LogP contribution in [0.3, 0.4) is 0 Å². The van der Waals surface area contributed by atoms with Crippen LogP contribution >= 0.6 is 22.7 Å². The van der Waals surface area contributed by atoms with Crippen LogP contribution < -0.4 is 0 Å². The molecule has 18 heavy (non-hydrogen) atoms. The van der Waals surface area contributed by atoms with Gasteiger partial charge in [0.2, 0.25) is 0 Å². The molecule has 3 heteroatoms. The molecule has 0 unspecified atom stereocenters. The fraction of sp³-hybridized carbons (Fsp3) is 0. The third-order valence-electron chi connectivity index (χ3n) is 3.05. The maximum absolute atomic E-state index is 4.70. The zero-order chi connectivity index (χ0) is 11.9. The predicted octanol–water partition coefficient (Wildman–Crippen LogP) is 5.18. The van der Waals surface area contributed by atoms with E-state index in [1.807, 2.05) is 0 Å². The molecule has 0 aliphatic carbocycles. The molecule has 3 aromatic heterocycles. The van der Waals surface area contributed by atoms with Gasteiger partial charge in [0, 0.05) is 5.56 Å². The summed E-state index contributed by atoms with van der Waals surface area (Å²) < 4.78 is 2.58. The summed E-state index contributed by atoms with van der Waals surface area (Å²) in [6.07, 6.45) is 0.